The molecule has 0 saturated carbocycles. The average molecular weight is 299 g/mol. The summed E-state index contributed by atoms with van der Waals surface area (Å²) in [5, 5.41) is 3.18. The Balaban J connectivity index is 1.78. The summed E-state index contributed by atoms with van der Waals surface area (Å²) in [6.07, 6.45) is 3.64. The molecule has 0 amide bonds. The van der Waals surface area contributed by atoms with Gasteiger partial charge in [0.25, 0.3) is 0 Å². The van der Waals surface area contributed by atoms with Crippen molar-refractivity contribution in [1.29, 1.82) is 0 Å². The highest BCUT2D eigenvalue weighted by atomic mass is 16.5. The summed E-state index contributed by atoms with van der Waals surface area (Å²) < 4.78 is 6.93. The van der Waals surface area contributed by atoms with Crippen LogP contribution >= 0.6 is 0 Å². The summed E-state index contributed by atoms with van der Waals surface area (Å²) in [4.78, 5) is 23.6. The minimum Gasteiger partial charge on any atom is -0.462 e. The molecule has 22 heavy (non-hydrogen) atoms. The molecule has 0 unspecified atom stereocenters. The molecule has 3 aromatic rings. The Hall–Kier alpha value is -2.83. The molecule has 2 aromatic heterocycles. The minimum absolute atomic E-state index is 0.332. The number of anilines is 1. The van der Waals surface area contributed by atoms with Gasteiger partial charge < -0.3 is 19.6 Å². The van der Waals surface area contributed by atoms with Crippen molar-refractivity contribution in [2.24, 2.45) is 7.05 Å². The van der Waals surface area contributed by atoms with Gasteiger partial charge in [0, 0.05) is 19.4 Å². The van der Waals surface area contributed by atoms with E-state index in [0.717, 1.165) is 16.9 Å². The smallest absolute Gasteiger partial charge is 0.338 e. The normalized spacial score (nSPS) is 10.8. The van der Waals surface area contributed by atoms with Crippen LogP contribution in [0, 0.1) is 0 Å². The number of aromatic nitrogens is 4. The van der Waals surface area contributed by atoms with Crippen molar-refractivity contribution in [3.8, 4) is 0 Å². The van der Waals surface area contributed by atoms with E-state index in [-0.39, 0.29) is 5.97 Å². The van der Waals surface area contributed by atoms with Crippen LogP contribution in [0.5, 0.6) is 0 Å². The molecule has 0 fully saturated rings. The molecule has 0 atom stereocenters. The van der Waals surface area contributed by atoms with Crippen molar-refractivity contribution in [2.75, 3.05) is 11.9 Å². The predicted molar refractivity (Wildman–Crippen MR) is 82.6 cm³/mol. The number of carbonyl (C=O) groups is 1. The van der Waals surface area contributed by atoms with Crippen molar-refractivity contribution in [2.45, 2.75) is 13.5 Å². The maximum atomic E-state index is 11.7. The van der Waals surface area contributed by atoms with E-state index < -0.39 is 0 Å². The number of carbonyl (C=O) groups excluding carboxylic acids is 1. The minimum atomic E-state index is -0.332. The van der Waals surface area contributed by atoms with Gasteiger partial charge in [0.05, 0.1) is 29.7 Å². The third-order valence-electron chi connectivity index (χ3n) is 3.33. The maximum Gasteiger partial charge on any atom is 0.338 e. The van der Waals surface area contributed by atoms with Gasteiger partial charge in [-0.3, -0.25) is 0 Å². The zero-order valence-corrected chi connectivity index (χ0v) is 12.5. The highest BCUT2D eigenvalue weighted by molar-refractivity contribution is 5.94. The Bertz CT molecular complexity index is 805. The molecule has 7 nitrogen and oxygen atoms in total. The van der Waals surface area contributed by atoms with E-state index in [4.69, 9.17) is 4.74 Å². The van der Waals surface area contributed by atoms with E-state index in [0.29, 0.717) is 24.7 Å². The molecule has 0 aliphatic carbocycles. The number of benzene rings is 1. The van der Waals surface area contributed by atoms with E-state index in [1.54, 1.807) is 31.3 Å². The Labute approximate surface area is 127 Å². The molecular formula is C15H17N5O2. The lowest BCUT2D eigenvalue weighted by atomic mass is 10.2. The molecule has 7 heteroatoms. The predicted octanol–water partition coefficient (Wildman–Crippen LogP) is 2.09. The van der Waals surface area contributed by atoms with Crippen molar-refractivity contribution < 1.29 is 9.53 Å². The number of H-pyrrole nitrogens is 1. The van der Waals surface area contributed by atoms with Gasteiger partial charge in [0.1, 0.15) is 5.82 Å². The van der Waals surface area contributed by atoms with Gasteiger partial charge in [-0.15, -0.1) is 0 Å². The number of ether oxygens (including phenoxy) is 1. The first-order chi connectivity index (χ1) is 10.7. The fourth-order valence-electron chi connectivity index (χ4n) is 2.16. The number of esters is 1. The molecule has 0 spiro atoms. The van der Waals surface area contributed by atoms with Crippen LogP contribution in [0.4, 0.5) is 5.95 Å². The fraction of sp³-hybridized carbons (Fsp3) is 0.267. The summed E-state index contributed by atoms with van der Waals surface area (Å²) in [7, 11) is 1.94. The number of fused-ring (bicyclic) bond motifs is 1. The number of nitrogens with one attached hydrogen (secondary N) is 2. The highest BCUT2D eigenvalue weighted by Gasteiger charge is 2.10. The molecule has 3 rings (SSSR count). The number of nitrogens with zero attached hydrogens (tertiary/aromatic N) is 3. The second kappa shape index (κ2) is 5.88. The fourth-order valence-corrected chi connectivity index (χ4v) is 2.16. The monoisotopic (exact) mass is 299 g/mol. The van der Waals surface area contributed by atoms with Crippen molar-refractivity contribution in [1.82, 2.24) is 19.5 Å². The zero-order valence-electron chi connectivity index (χ0n) is 12.5. The van der Waals surface area contributed by atoms with Crippen LogP contribution in [-0.4, -0.2) is 32.1 Å². The third-order valence-corrected chi connectivity index (χ3v) is 3.33. The molecule has 114 valence electrons. The van der Waals surface area contributed by atoms with Gasteiger partial charge in [-0.2, -0.15) is 0 Å². The topological polar surface area (TPSA) is 84.8 Å². The van der Waals surface area contributed by atoms with E-state index in [9.17, 15) is 4.79 Å². The first kappa shape index (κ1) is 14.1. The molecule has 0 bridgehead atoms. The summed E-state index contributed by atoms with van der Waals surface area (Å²) in [5.41, 5.74) is 2.08. The first-order valence-corrected chi connectivity index (χ1v) is 7.04. The van der Waals surface area contributed by atoms with Crippen molar-refractivity contribution in [3.63, 3.8) is 0 Å². The molecule has 1 aromatic carbocycles. The molecule has 0 saturated heterocycles. The maximum absolute atomic E-state index is 11.7. The average Bonchev–Trinajstić information content (AvgIpc) is 3.10. The second-order valence-corrected chi connectivity index (χ2v) is 4.85. The lowest BCUT2D eigenvalue weighted by molar-refractivity contribution is 0.0526. The number of hydrogen-bond acceptors (Lipinski definition) is 5. The number of hydrogen-bond donors (Lipinski definition) is 2. The van der Waals surface area contributed by atoms with Crippen LogP contribution in [-0.2, 0) is 18.3 Å². The Morgan fingerprint density at radius 1 is 1.45 bits per heavy atom. The largest absolute Gasteiger partial charge is 0.462 e. The quantitative estimate of drug-likeness (QED) is 0.705. The van der Waals surface area contributed by atoms with Gasteiger partial charge in [-0.25, -0.2) is 14.8 Å². The zero-order chi connectivity index (χ0) is 15.5. The molecule has 2 N–H and O–H groups in total. The summed E-state index contributed by atoms with van der Waals surface area (Å²) in [6.45, 7) is 2.71. The van der Waals surface area contributed by atoms with E-state index in [1.807, 2.05) is 17.8 Å². The number of rotatable bonds is 5. The summed E-state index contributed by atoms with van der Waals surface area (Å²) in [6, 6.07) is 5.25. The SMILES string of the molecule is CCOC(=O)c1ccc2nc(NCc3nccn3C)[nH]c2c1. The van der Waals surface area contributed by atoms with Gasteiger partial charge in [-0.05, 0) is 25.1 Å². The Kier molecular flexibility index (Phi) is 3.78. The van der Waals surface area contributed by atoms with Crippen LogP contribution in [0.15, 0.2) is 30.6 Å². The second-order valence-electron chi connectivity index (χ2n) is 4.85. The van der Waals surface area contributed by atoms with Crippen LogP contribution < -0.4 is 5.32 Å². The Morgan fingerprint density at radius 2 is 2.32 bits per heavy atom. The van der Waals surface area contributed by atoms with Gasteiger partial charge in [0.15, 0.2) is 0 Å². The standard InChI is InChI=1S/C15H17N5O2/c1-3-22-14(21)10-4-5-11-12(8-10)19-15(18-11)17-9-13-16-6-7-20(13)2/h4-8H,3,9H2,1-2H3,(H2,17,18,19). The number of aryl methyl sites for hydroxylation is 1. The van der Waals surface area contributed by atoms with Crippen LogP contribution in [0.1, 0.15) is 23.1 Å². The third kappa shape index (κ3) is 2.78. The van der Waals surface area contributed by atoms with Gasteiger partial charge >= 0.3 is 5.97 Å². The molecular weight excluding hydrogens is 282 g/mol. The van der Waals surface area contributed by atoms with Gasteiger partial charge in [0.2, 0.25) is 5.95 Å². The molecule has 2 heterocycles. The molecule has 0 aliphatic rings. The summed E-state index contributed by atoms with van der Waals surface area (Å²) in [5.74, 6) is 1.22. The van der Waals surface area contributed by atoms with Crippen molar-refractivity contribution in [3.05, 3.63) is 42.0 Å². The van der Waals surface area contributed by atoms with Crippen LogP contribution in [0.25, 0.3) is 11.0 Å². The van der Waals surface area contributed by atoms with Crippen molar-refractivity contribution >= 4 is 23.0 Å². The Morgan fingerprint density at radius 3 is 3.05 bits per heavy atom. The number of imidazole rings is 2. The highest BCUT2D eigenvalue weighted by Crippen LogP contribution is 2.17. The first-order valence-electron chi connectivity index (χ1n) is 7.04. The van der Waals surface area contributed by atoms with Crippen LogP contribution in [0.3, 0.4) is 0 Å². The lowest BCUT2D eigenvalue weighted by Gasteiger charge is -2.02. The van der Waals surface area contributed by atoms with E-state index in [2.05, 4.69) is 20.3 Å². The van der Waals surface area contributed by atoms with E-state index >= 15 is 0 Å². The summed E-state index contributed by atoms with van der Waals surface area (Å²) >= 11 is 0. The van der Waals surface area contributed by atoms with Crippen LogP contribution in [0.2, 0.25) is 0 Å². The van der Waals surface area contributed by atoms with Gasteiger partial charge in [-0.1, -0.05) is 0 Å². The van der Waals surface area contributed by atoms with E-state index in [1.165, 1.54) is 0 Å². The molecule has 0 aliphatic heterocycles. The molecule has 0 radical (unpaired) electrons. The number of aromatic amines is 1. The lowest BCUT2D eigenvalue weighted by Crippen LogP contribution is -2.06.